The first-order valence-corrected chi connectivity index (χ1v) is 14.1. The van der Waals surface area contributed by atoms with Crippen LogP contribution in [0.1, 0.15) is 74.7 Å². The molecule has 0 fully saturated rings. The zero-order valence-electron chi connectivity index (χ0n) is 25.8. The number of rotatable bonds is 18. The van der Waals surface area contributed by atoms with Crippen molar-refractivity contribution in [3.05, 3.63) is 0 Å². The highest BCUT2D eigenvalue weighted by Gasteiger charge is 2.33. The molecule has 15 heteroatoms. The molecular weight excluding hydrogens is 550 g/mol. The van der Waals surface area contributed by atoms with E-state index < -0.39 is 83.6 Å². The summed E-state index contributed by atoms with van der Waals surface area (Å²) < 4.78 is 0. The van der Waals surface area contributed by atoms with Crippen LogP contribution in [0.25, 0.3) is 0 Å². The van der Waals surface area contributed by atoms with Gasteiger partial charge in [0, 0.05) is 6.42 Å². The number of nitrogens with one attached hydrogen (secondary N) is 5. The zero-order chi connectivity index (χ0) is 32.9. The zero-order valence-corrected chi connectivity index (χ0v) is 25.8. The standard InChI is InChI=1S/C27H49N7O8/c1-12(2)11-18(27(41)42)32-23(37)16(8)30-22(36)15(7)31-25(39)20(13(3)4)34-26(40)21(14(5)6)33-24(38)17(28)9-10-19(29)35/h12-18,20-21H,9-11,28H2,1-8H3,(H2,29,35)(H,30,36)(H,31,39)(H,32,37)(H,33,38)(H,34,40)(H,41,42). The minimum atomic E-state index is -1.19. The molecule has 15 nitrogen and oxygen atoms in total. The SMILES string of the molecule is CC(C)CC(NC(=O)C(C)NC(=O)C(C)NC(=O)C(NC(=O)C(NC(=O)C(N)CCC(N)=O)C(C)C)C(C)C)C(=O)O. The summed E-state index contributed by atoms with van der Waals surface area (Å²) >= 11 is 0. The lowest BCUT2D eigenvalue weighted by Gasteiger charge is -2.28. The Morgan fingerprint density at radius 2 is 1.02 bits per heavy atom. The molecule has 0 aromatic rings. The van der Waals surface area contributed by atoms with Crippen LogP contribution in [-0.4, -0.2) is 82.8 Å². The van der Waals surface area contributed by atoms with Crippen molar-refractivity contribution in [3.63, 3.8) is 0 Å². The summed E-state index contributed by atoms with van der Waals surface area (Å²) in [7, 11) is 0. The van der Waals surface area contributed by atoms with Gasteiger partial charge in [-0.2, -0.15) is 0 Å². The van der Waals surface area contributed by atoms with E-state index in [4.69, 9.17) is 11.5 Å². The van der Waals surface area contributed by atoms with Gasteiger partial charge in [-0.1, -0.05) is 41.5 Å². The van der Waals surface area contributed by atoms with Crippen molar-refractivity contribution in [2.75, 3.05) is 0 Å². The van der Waals surface area contributed by atoms with E-state index in [-0.39, 0.29) is 31.1 Å². The fourth-order valence-corrected chi connectivity index (χ4v) is 3.76. The van der Waals surface area contributed by atoms with Gasteiger partial charge in [0.15, 0.2) is 0 Å². The largest absolute Gasteiger partial charge is 0.480 e. The van der Waals surface area contributed by atoms with E-state index in [1.807, 2.05) is 13.8 Å². The Labute approximate surface area is 247 Å². The normalized spacial score (nSPS) is 15.5. The van der Waals surface area contributed by atoms with E-state index in [1.165, 1.54) is 13.8 Å². The number of carbonyl (C=O) groups excluding carboxylic acids is 6. The molecule has 0 bridgehead atoms. The van der Waals surface area contributed by atoms with Crippen LogP contribution in [0.5, 0.6) is 0 Å². The molecule has 0 aromatic carbocycles. The van der Waals surface area contributed by atoms with Crippen LogP contribution in [0.4, 0.5) is 0 Å². The van der Waals surface area contributed by atoms with E-state index in [9.17, 15) is 38.7 Å². The van der Waals surface area contributed by atoms with Crippen LogP contribution in [-0.2, 0) is 33.6 Å². The summed E-state index contributed by atoms with van der Waals surface area (Å²) in [5.41, 5.74) is 10.9. The van der Waals surface area contributed by atoms with E-state index in [1.54, 1.807) is 27.7 Å². The average Bonchev–Trinajstić information content (AvgIpc) is 2.86. The maximum Gasteiger partial charge on any atom is 0.326 e. The summed E-state index contributed by atoms with van der Waals surface area (Å²) in [6.45, 7) is 13.1. The Morgan fingerprint density at radius 1 is 0.619 bits per heavy atom. The van der Waals surface area contributed by atoms with Gasteiger partial charge in [0.05, 0.1) is 6.04 Å². The van der Waals surface area contributed by atoms with Crippen LogP contribution in [0, 0.1) is 17.8 Å². The van der Waals surface area contributed by atoms with Crippen LogP contribution in [0.2, 0.25) is 0 Å². The lowest BCUT2D eigenvalue weighted by atomic mass is 9.99. The Hall–Kier alpha value is -3.75. The lowest BCUT2D eigenvalue weighted by Crippen LogP contribution is -2.60. The van der Waals surface area contributed by atoms with Gasteiger partial charge in [-0.05, 0) is 44.4 Å². The highest BCUT2D eigenvalue weighted by molar-refractivity contribution is 5.96. The first-order valence-electron chi connectivity index (χ1n) is 14.1. The fraction of sp³-hybridized carbons (Fsp3) is 0.741. The monoisotopic (exact) mass is 599 g/mol. The van der Waals surface area contributed by atoms with Gasteiger partial charge in [0.25, 0.3) is 0 Å². The van der Waals surface area contributed by atoms with Gasteiger partial charge < -0.3 is 43.2 Å². The number of nitrogens with two attached hydrogens (primary N) is 2. The molecule has 0 aliphatic carbocycles. The number of carbonyl (C=O) groups is 7. The maximum atomic E-state index is 13.1. The second-order valence-electron chi connectivity index (χ2n) is 11.6. The fourth-order valence-electron chi connectivity index (χ4n) is 3.76. The molecule has 0 aliphatic rings. The number of primary amides is 1. The average molecular weight is 600 g/mol. The van der Waals surface area contributed by atoms with Crippen molar-refractivity contribution in [3.8, 4) is 0 Å². The Bertz CT molecular complexity index is 986. The smallest absolute Gasteiger partial charge is 0.326 e. The van der Waals surface area contributed by atoms with Crippen molar-refractivity contribution in [2.24, 2.45) is 29.2 Å². The predicted molar refractivity (Wildman–Crippen MR) is 154 cm³/mol. The molecule has 0 spiro atoms. The quantitative estimate of drug-likeness (QED) is 0.0910. The van der Waals surface area contributed by atoms with Crippen LogP contribution in [0.3, 0.4) is 0 Å². The molecule has 42 heavy (non-hydrogen) atoms. The van der Waals surface area contributed by atoms with E-state index in [2.05, 4.69) is 26.6 Å². The number of carboxylic acids is 1. The molecule has 0 heterocycles. The molecule has 6 unspecified atom stereocenters. The molecule has 240 valence electrons. The van der Waals surface area contributed by atoms with Gasteiger partial charge in [-0.3, -0.25) is 28.8 Å². The van der Waals surface area contributed by atoms with Gasteiger partial charge in [-0.25, -0.2) is 4.79 Å². The van der Waals surface area contributed by atoms with Crippen LogP contribution < -0.4 is 38.1 Å². The Balaban J connectivity index is 5.29. The topological polar surface area (TPSA) is 252 Å². The van der Waals surface area contributed by atoms with E-state index in [0.29, 0.717) is 0 Å². The summed E-state index contributed by atoms with van der Waals surface area (Å²) in [5.74, 6) is -5.96. The summed E-state index contributed by atoms with van der Waals surface area (Å²) in [6.07, 6.45) is 0.113. The van der Waals surface area contributed by atoms with E-state index in [0.717, 1.165) is 0 Å². The van der Waals surface area contributed by atoms with Crippen molar-refractivity contribution >= 4 is 41.4 Å². The van der Waals surface area contributed by atoms with Crippen molar-refractivity contribution in [2.45, 2.75) is 111 Å². The molecule has 10 N–H and O–H groups in total. The van der Waals surface area contributed by atoms with Gasteiger partial charge >= 0.3 is 5.97 Å². The first-order chi connectivity index (χ1) is 19.3. The first kappa shape index (κ1) is 38.2. The highest BCUT2D eigenvalue weighted by Crippen LogP contribution is 2.09. The molecule has 0 radical (unpaired) electrons. The number of hydrogen-bond acceptors (Lipinski definition) is 8. The minimum absolute atomic E-state index is 0.00292. The van der Waals surface area contributed by atoms with Crippen LogP contribution in [0.15, 0.2) is 0 Å². The van der Waals surface area contributed by atoms with Gasteiger partial charge in [0.1, 0.15) is 30.2 Å². The Morgan fingerprint density at radius 3 is 1.43 bits per heavy atom. The Kier molecular flexibility index (Phi) is 16.3. The molecule has 0 aromatic heterocycles. The number of carboxylic acid groups (broad SMARTS) is 1. The summed E-state index contributed by atoms with van der Waals surface area (Å²) in [4.78, 5) is 86.2. The van der Waals surface area contributed by atoms with Crippen molar-refractivity contribution in [1.82, 2.24) is 26.6 Å². The summed E-state index contributed by atoms with van der Waals surface area (Å²) in [6, 6.07) is -6.50. The third-order valence-corrected chi connectivity index (χ3v) is 6.36. The molecular formula is C27H49N7O8. The second-order valence-corrected chi connectivity index (χ2v) is 11.6. The van der Waals surface area contributed by atoms with Crippen LogP contribution >= 0.6 is 0 Å². The van der Waals surface area contributed by atoms with Crippen molar-refractivity contribution in [1.29, 1.82) is 0 Å². The number of aliphatic carboxylic acids is 1. The molecule has 0 rings (SSSR count). The molecule has 0 saturated heterocycles. The summed E-state index contributed by atoms with van der Waals surface area (Å²) in [5, 5.41) is 21.8. The van der Waals surface area contributed by atoms with Crippen molar-refractivity contribution < 1.29 is 38.7 Å². The number of hydrogen-bond donors (Lipinski definition) is 8. The second kappa shape index (κ2) is 17.9. The molecule has 6 atom stereocenters. The molecule has 0 saturated carbocycles. The lowest BCUT2D eigenvalue weighted by molar-refractivity contribution is -0.142. The van der Waals surface area contributed by atoms with E-state index >= 15 is 0 Å². The highest BCUT2D eigenvalue weighted by atomic mass is 16.4. The van der Waals surface area contributed by atoms with Gasteiger partial charge in [0.2, 0.25) is 35.4 Å². The number of amides is 6. The maximum absolute atomic E-state index is 13.1. The van der Waals surface area contributed by atoms with Gasteiger partial charge in [-0.15, -0.1) is 0 Å². The predicted octanol–water partition coefficient (Wildman–Crippen LogP) is -1.51. The third-order valence-electron chi connectivity index (χ3n) is 6.36. The molecule has 6 amide bonds. The molecule has 0 aliphatic heterocycles. The minimum Gasteiger partial charge on any atom is -0.480 e. The third kappa shape index (κ3) is 13.7.